The zero-order chi connectivity index (χ0) is 27.1. The van der Waals surface area contributed by atoms with Gasteiger partial charge in [0.05, 0.1) is 40.2 Å². The number of hydrogen-bond donors (Lipinski definition) is 0. The SMILES string of the molecule is ClC1=C(Cl)[C@@]2(Cl)[C@@H]3c4c(Cl)c(Cl)c(Cl)c(Cl)c4[C@@H]4[C@H]([C@H]3[C@@]1(Cl)C2(Cl)Cl)[C@]1(Cl)C(Cl)=C(Cl)[C@]4(Cl)C1(Cl)Cl. The topological polar surface area (TPSA) is 0 Å². The number of hydrogen-bond acceptors (Lipinski definition) is 0. The Morgan fingerprint density at radius 1 is 0.361 bits per heavy atom. The van der Waals surface area contributed by atoms with Crippen LogP contribution in [0.5, 0.6) is 0 Å². The first kappa shape index (κ1) is 29.4. The van der Waals surface area contributed by atoms with E-state index in [9.17, 15) is 0 Å². The molecule has 36 heavy (non-hydrogen) atoms. The number of halogens is 16. The van der Waals surface area contributed by atoms with Crippen molar-refractivity contribution in [3.63, 3.8) is 0 Å². The number of benzene rings is 1. The van der Waals surface area contributed by atoms with Gasteiger partial charge in [0, 0.05) is 23.7 Å². The molecule has 0 aliphatic heterocycles. The molecule has 2 saturated carbocycles. The fourth-order valence-electron chi connectivity index (χ4n) is 6.99. The van der Waals surface area contributed by atoms with E-state index in [4.69, 9.17) is 186 Å². The second-order valence-electron chi connectivity index (χ2n) is 9.34. The van der Waals surface area contributed by atoms with Crippen molar-refractivity contribution < 1.29 is 0 Å². The fraction of sp³-hybridized carbons (Fsp3) is 0.500. The lowest BCUT2D eigenvalue weighted by atomic mass is 9.57. The van der Waals surface area contributed by atoms with Crippen LogP contribution in [-0.2, 0) is 0 Å². The minimum absolute atomic E-state index is 0.000290. The third-order valence-electron chi connectivity index (χ3n) is 8.34. The summed E-state index contributed by atoms with van der Waals surface area (Å²) < 4.78 is -4.01. The number of alkyl halides is 8. The van der Waals surface area contributed by atoms with Crippen LogP contribution in [0.2, 0.25) is 20.1 Å². The van der Waals surface area contributed by atoms with Crippen LogP contribution in [-0.4, -0.2) is 28.2 Å². The van der Waals surface area contributed by atoms with E-state index in [1.165, 1.54) is 0 Å². The van der Waals surface area contributed by atoms with Crippen molar-refractivity contribution in [2.45, 2.75) is 40.0 Å². The maximum absolute atomic E-state index is 7.28. The molecule has 0 radical (unpaired) electrons. The van der Waals surface area contributed by atoms with Crippen molar-refractivity contribution in [2.24, 2.45) is 11.8 Å². The average molecular weight is 811 g/mol. The molecule has 0 unspecified atom stereocenters. The van der Waals surface area contributed by atoms with Crippen LogP contribution in [0.15, 0.2) is 20.1 Å². The quantitative estimate of drug-likeness (QED) is 0.139. The van der Waals surface area contributed by atoms with E-state index in [2.05, 4.69) is 0 Å². The van der Waals surface area contributed by atoms with E-state index in [-0.39, 0.29) is 40.2 Å². The highest BCUT2D eigenvalue weighted by Gasteiger charge is 2.92. The number of fused-ring (bicyclic) bond motifs is 14. The van der Waals surface area contributed by atoms with Crippen molar-refractivity contribution in [1.29, 1.82) is 0 Å². The van der Waals surface area contributed by atoms with Gasteiger partial charge in [-0.25, -0.2) is 0 Å². The molecule has 0 heterocycles. The second kappa shape index (κ2) is 8.08. The Morgan fingerprint density at radius 2 is 0.611 bits per heavy atom. The first-order chi connectivity index (χ1) is 16.3. The summed E-state index contributed by atoms with van der Waals surface area (Å²) in [5, 5.41) is -0.425. The summed E-state index contributed by atoms with van der Waals surface area (Å²) in [6.45, 7) is 0. The molecule has 2 fully saturated rings. The first-order valence-electron chi connectivity index (χ1n) is 9.76. The van der Waals surface area contributed by atoms with Crippen LogP contribution in [0.4, 0.5) is 0 Å². The number of allylic oxidation sites excluding steroid dienone is 4. The van der Waals surface area contributed by atoms with Gasteiger partial charge in [-0.05, 0) is 11.1 Å². The van der Waals surface area contributed by atoms with Crippen LogP contribution in [0.1, 0.15) is 23.0 Å². The van der Waals surface area contributed by atoms with Crippen molar-refractivity contribution in [3.05, 3.63) is 51.3 Å². The summed E-state index contributed by atoms with van der Waals surface area (Å²) in [6.07, 6.45) is 0. The molecule has 16 heteroatoms. The van der Waals surface area contributed by atoms with Crippen molar-refractivity contribution in [1.82, 2.24) is 0 Å². The Morgan fingerprint density at radius 3 is 0.889 bits per heavy atom. The van der Waals surface area contributed by atoms with Gasteiger partial charge in [0.15, 0.2) is 8.67 Å². The van der Waals surface area contributed by atoms with E-state index >= 15 is 0 Å². The molecular formula is C20H4Cl16. The lowest BCUT2D eigenvalue weighted by Gasteiger charge is -2.53. The van der Waals surface area contributed by atoms with Crippen molar-refractivity contribution in [2.75, 3.05) is 0 Å². The molecule has 196 valence electrons. The second-order valence-corrected chi connectivity index (χ2v) is 17.4. The van der Waals surface area contributed by atoms with Gasteiger partial charge in [-0.1, -0.05) is 139 Å². The van der Waals surface area contributed by atoms with Gasteiger partial charge in [-0.3, -0.25) is 0 Å². The van der Waals surface area contributed by atoms with E-state index in [0.717, 1.165) is 0 Å². The first-order valence-corrected chi connectivity index (χ1v) is 15.8. The third kappa shape index (κ3) is 2.54. The summed E-state index contributed by atoms with van der Waals surface area (Å²) in [7, 11) is 0. The zero-order valence-electron chi connectivity index (χ0n) is 16.4. The molecule has 5 aliphatic rings. The van der Waals surface area contributed by atoms with E-state index < -0.39 is 51.8 Å². The van der Waals surface area contributed by atoms with Gasteiger partial charge in [0.25, 0.3) is 0 Å². The van der Waals surface area contributed by atoms with Crippen LogP contribution in [0.25, 0.3) is 0 Å². The highest BCUT2D eigenvalue weighted by atomic mass is 35.5. The average Bonchev–Trinajstić information content (AvgIpc) is 3.15. The largest absolute Gasteiger partial charge is 0.167 e. The maximum Gasteiger partial charge on any atom is 0.167 e. The standard InChI is InChI=1S/C20H4Cl16/c21-7-1-2(8(22)10(24)9(7)23)4-6(18(32)14(28)12(26)16(4,30)20(18,35)36)5-3(1)15(29)11(25)13(27)17(5,31)19(15,33)34/h3-6H/t3-,4-,5-,6+,15+,16+,17+,18+/m1/s1. The Hall–Kier alpha value is 3.34. The molecular weight excluding hydrogens is 807 g/mol. The van der Waals surface area contributed by atoms with Gasteiger partial charge in [-0.15, -0.1) is 46.4 Å². The Labute approximate surface area is 285 Å². The van der Waals surface area contributed by atoms with Crippen LogP contribution < -0.4 is 0 Å². The zero-order valence-corrected chi connectivity index (χ0v) is 28.5. The fourth-order valence-corrected chi connectivity index (χ4v) is 14.2. The van der Waals surface area contributed by atoms with Crippen LogP contribution >= 0.6 is 186 Å². The normalized spacial score (nSPS) is 47.0. The van der Waals surface area contributed by atoms with Crippen molar-refractivity contribution in [3.8, 4) is 0 Å². The lowest BCUT2D eigenvalue weighted by molar-refractivity contribution is 0.201. The van der Waals surface area contributed by atoms with Gasteiger partial charge in [0.1, 0.15) is 19.5 Å². The Bertz CT molecular complexity index is 1280. The van der Waals surface area contributed by atoms with Gasteiger partial charge in [-0.2, -0.15) is 0 Å². The molecule has 0 nitrogen and oxygen atoms in total. The molecule has 0 N–H and O–H groups in total. The molecule has 5 aliphatic carbocycles. The molecule has 1 aromatic carbocycles. The minimum atomic E-state index is -2.00. The van der Waals surface area contributed by atoms with Crippen LogP contribution in [0.3, 0.4) is 0 Å². The molecule has 1 aromatic rings. The molecule has 0 aromatic heterocycles. The van der Waals surface area contributed by atoms with Crippen molar-refractivity contribution >= 4 is 186 Å². The lowest BCUT2D eigenvalue weighted by Crippen LogP contribution is -2.53. The molecule has 0 spiro atoms. The summed E-state index contributed by atoms with van der Waals surface area (Å²) in [6, 6.07) is 0. The monoisotopic (exact) mass is 804 g/mol. The van der Waals surface area contributed by atoms with E-state index in [1.807, 2.05) is 0 Å². The molecule has 8 atom stereocenters. The van der Waals surface area contributed by atoms with Gasteiger partial charge >= 0.3 is 0 Å². The van der Waals surface area contributed by atoms with Gasteiger partial charge in [0.2, 0.25) is 0 Å². The maximum atomic E-state index is 7.28. The highest BCUT2D eigenvalue weighted by Crippen LogP contribution is 2.89. The predicted octanol–water partition coefficient (Wildman–Crippen LogP) is 12.4. The predicted molar refractivity (Wildman–Crippen MR) is 160 cm³/mol. The Kier molecular flexibility index (Phi) is 6.60. The smallest absolute Gasteiger partial charge is 0.109 e. The molecule has 6 rings (SSSR count). The summed E-state index contributed by atoms with van der Waals surface area (Å²) in [5.74, 6) is -3.84. The highest BCUT2D eigenvalue weighted by molar-refractivity contribution is 6.68. The van der Waals surface area contributed by atoms with Gasteiger partial charge < -0.3 is 0 Å². The van der Waals surface area contributed by atoms with Crippen LogP contribution in [0, 0.1) is 11.8 Å². The third-order valence-corrected chi connectivity index (χ3v) is 18.7. The molecule has 4 bridgehead atoms. The molecule has 0 amide bonds. The van der Waals surface area contributed by atoms with E-state index in [0.29, 0.717) is 11.1 Å². The number of rotatable bonds is 0. The molecule has 0 saturated heterocycles. The summed E-state index contributed by atoms with van der Waals surface area (Å²) in [4.78, 5) is -7.28. The Balaban J connectivity index is 1.86. The summed E-state index contributed by atoms with van der Waals surface area (Å²) >= 11 is 110. The van der Waals surface area contributed by atoms with E-state index in [1.54, 1.807) is 0 Å². The summed E-state index contributed by atoms with van der Waals surface area (Å²) in [5.41, 5.74) is 0.593. The minimum Gasteiger partial charge on any atom is -0.109 e.